The first kappa shape index (κ1) is 10.2. The van der Waals surface area contributed by atoms with Gasteiger partial charge < -0.3 is 15.9 Å². The Bertz CT molecular complexity index is 256. The maximum atomic E-state index is 9.23. The van der Waals surface area contributed by atoms with Crippen molar-refractivity contribution in [1.82, 2.24) is 0 Å². The summed E-state index contributed by atoms with van der Waals surface area (Å²) in [4.78, 5) is 0. The van der Waals surface area contributed by atoms with E-state index in [1.807, 2.05) is 12.1 Å². The van der Waals surface area contributed by atoms with Gasteiger partial charge >= 0.3 is 0 Å². The highest BCUT2D eigenvalue weighted by Gasteiger charge is 2.10. The number of aliphatic hydroxyl groups excluding tert-OH is 2. The number of hydrogen-bond acceptors (Lipinski definition) is 3. The summed E-state index contributed by atoms with van der Waals surface area (Å²) in [5.41, 5.74) is 7.45. The Morgan fingerprint density at radius 3 is 2.23 bits per heavy atom. The molecular formula is C10H15NO2. The first-order chi connectivity index (χ1) is 6.15. The van der Waals surface area contributed by atoms with Crippen molar-refractivity contribution < 1.29 is 10.2 Å². The van der Waals surface area contributed by atoms with Gasteiger partial charge in [-0.25, -0.2) is 0 Å². The van der Waals surface area contributed by atoms with Crippen LogP contribution in [0.5, 0.6) is 0 Å². The zero-order valence-electron chi connectivity index (χ0n) is 7.64. The minimum absolute atomic E-state index is 0.0319. The van der Waals surface area contributed by atoms with E-state index in [-0.39, 0.29) is 12.6 Å². The van der Waals surface area contributed by atoms with Crippen LogP contribution in [0, 0.1) is 0 Å². The predicted molar refractivity (Wildman–Crippen MR) is 51.0 cm³/mol. The van der Waals surface area contributed by atoms with Gasteiger partial charge in [-0.2, -0.15) is 0 Å². The molecule has 0 aromatic heterocycles. The molecule has 0 aliphatic heterocycles. The molecule has 0 heterocycles. The van der Waals surface area contributed by atoms with Gasteiger partial charge in [0, 0.05) is 0 Å². The van der Waals surface area contributed by atoms with Gasteiger partial charge in [-0.3, -0.25) is 0 Å². The maximum absolute atomic E-state index is 9.23. The molecule has 3 heteroatoms. The smallest absolute Gasteiger partial charge is 0.0704 e. The van der Waals surface area contributed by atoms with Gasteiger partial charge in [0.2, 0.25) is 0 Å². The van der Waals surface area contributed by atoms with Crippen LogP contribution in [0.1, 0.15) is 24.1 Å². The molecule has 0 fully saturated rings. The molecule has 2 unspecified atom stereocenters. The molecule has 0 saturated heterocycles. The molecular weight excluding hydrogens is 166 g/mol. The maximum Gasteiger partial charge on any atom is 0.0704 e. The van der Waals surface area contributed by atoms with Crippen molar-refractivity contribution in [2.24, 2.45) is 5.73 Å². The molecule has 0 bridgehead atoms. The van der Waals surface area contributed by atoms with Gasteiger partial charge in [-0.15, -0.1) is 0 Å². The summed E-state index contributed by atoms with van der Waals surface area (Å²) in [6, 6.07) is 6.90. The topological polar surface area (TPSA) is 66.5 Å². The SMILES string of the molecule is CC(O)C(N)c1ccc(CO)cc1. The number of hydrogen-bond donors (Lipinski definition) is 3. The fourth-order valence-corrected chi connectivity index (χ4v) is 1.12. The van der Waals surface area contributed by atoms with E-state index < -0.39 is 6.10 Å². The van der Waals surface area contributed by atoms with E-state index in [1.165, 1.54) is 0 Å². The zero-order chi connectivity index (χ0) is 9.84. The highest BCUT2D eigenvalue weighted by Crippen LogP contribution is 2.14. The lowest BCUT2D eigenvalue weighted by molar-refractivity contribution is 0.164. The van der Waals surface area contributed by atoms with Gasteiger partial charge in [-0.1, -0.05) is 24.3 Å². The van der Waals surface area contributed by atoms with E-state index in [2.05, 4.69) is 0 Å². The van der Waals surface area contributed by atoms with Gasteiger partial charge in [0.25, 0.3) is 0 Å². The number of rotatable bonds is 3. The van der Waals surface area contributed by atoms with Gasteiger partial charge in [-0.05, 0) is 18.1 Å². The standard InChI is InChI=1S/C10H15NO2/c1-7(13)10(11)9-4-2-8(6-12)3-5-9/h2-5,7,10,12-13H,6,11H2,1H3. The molecule has 0 spiro atoms. The van der Waals surface area contributed by atoms with Gasteiger partial charge in [0.1, 0.15) is 0 Å². The van der Waals surface area contributed by atoms with Gasteiger partial charge in [0.15, 0.2) is 0 Å². The highest BCUT2D eigenvalue weighted by molar-refractivity contribution is 5.24. The largest absolute Gasteiger partial charge is 0.392 e. The quantitative estimate of drug-likeness (QED) is 0.638. The Morgan fingerprint density at radius 1 is 1.31 bits per heavy atom. The lowest BCUT2D eigenvalue weighted by Crippen LogP contribution is -2.22. The van der Waals surface area contributed by atoms with Crippen molar-refractivity contribution in [2.45, 2.75) is 25.7 Å². The molecule has 0 amide bonds. The molecule has 2 atom stereocenters. The van der Waals surface area contributed by atoms with Crippen LogP contribution in [0.15, 0.2) is 24.3 Å². The Balaban J connectivity index is 2.79. The van der Waals surface area contributed by atoms with Crippen molar-refractivity contribution in [1.29, 1.82) is 0 Å². The summed E-state index contributed by atoms with van der Waals surface area (Å²) >= 11 is 0. The second-order valence-electron chi connectivity index (χ2n) is 3.17. The minimum Gasteiger partial charge on any atom is -0.392 e. The van der Waals surface area contributed by atoms with Crippen LogP contribution in [0.4, 0.5) is 0 Å². The van der Waals surface area contributed by atoms with E-state index in [4.69, 9.17) is 10.8 Å². The third kappa shape index (κ3) is 2.52. The molecule has 72 valence electrons. The molecule has 13 heavy (non-hydrogen) atoms. The Morgan fingerprint density at radius 2 is 1.85 bits per heavy atom. The van der Waals surface area contributed by atoms with Crippen LogP contribution in [0.3, 0.4) is 0 Å². The minimum atomic E-state index is -0.556. The van der Waals surface area contributed by atoms with Crippen LogP contribution >= 0.6 is 0 Å². The van der Waals surface area contributed by atoms with Gasteiger partial charge in [0.05, 0.1) is 18.8 Å². The fraction of sp³-hybridized carbons (Fsp3) is 0.400. The van der Waals surface area contributed by atoms with Crippen molar-refractivity contribution in [3.05, 3.63) is 35.4 Å². The van der Waals surface area contributed by atoms with Crippen molar-refractivity contribution in [3.63, 3.8) is 0 Å². The number of aliphatic hydroxyl groups is 2. The van der Waals surface area contributed by atoms with E-state index >= 15 is 0 Å². The number of benzene rings is 1. The average Bonchev–Trinajstić information content (AvgIpc) is 2.17. The normalized spacial score (nSPS) is 15.4. The van der Waals surface area contributed by atoms with Crippen LogP contribution in [-0.2, 0) is 6.61 Å². The fourth-order valence-electron chi connectivity index (χ4n) is 1.12. The third-order valence-corrected chi connectivity index (χ3v) is 2.07. The summed E-state index contributed by atoms with van der Waals surface area (Å²) in [7, 11) is 0. The molecule has 0 aliphatic carbocycles. The molecule has 0 aliphatic rings. The molecule has 1 aromatic carbocycles. The molecule has 1 rings (SSSR count). The van der Waals surface area contributed by atoms with Crippen molar-refractivity contribution in [3.8, 4) is 0 Å². The first-order valence-electron chi connectivity index (χ1n) is 4.28. The van der Waals surface area contributed by atoms with E-state index in [0.29, 0.717) is 0 Å². The summed E-state index contributed by atoms with van der Waals surface area (Å²) in [5.74, 6) is 0. The molecule has 1 aromatic rings. The Hall–Kier alpha value is -0.900. The molecule has 0 saturated carbocycles. The lowest BCUT2D eigenvalue weighted by Gasteiger charge is -2.14. The second kappa shape index (κ2) is 4.37. The first-order valence-corrected chi connectivity index (χ1v) is 4.28. The van der Waals surface area contributed by atoms with E-state index in [9.17, 15) is 5.11 Å². The Labute approximate surface area is 77.8 Å². The second-order valence-corrected chi connectivity index (χ2v) is 3.17. The summed E-state index contributed by atoms with van der Waals surface area (Å²) in [6.07, 6.45) is -0.556. The van der Waals surface area contributed by atoms with Crippen LogP contribution < -0.4 is 5.73 Å². The van der Waals surface area contributed by atoms with Crippen LogP contribution in [-0.4, -0.2) is 16.3 Å². The zero-order valence-corrected chi connectivity index (χ0v) is 7.64. The summed E-state index contributed by atoms with van der Waals surface area (Å²) in [6.45, 7) is 1.69. The summed E-state index contributed by atoms with van der Waals surface area (Å²) in [5, 5.41) is 18.0. The molecule has 4 N–H and O–H groups in total. The van der Waals surface area contributed by atoms with Crippen molar-refractivity contribution >= 4 is 0 Å². The number of nitrogens with two attached hydrogens (primary N) is 1. The highest BCUT2D eigenvalue weighted by atomic mass is 16.3. The van der Waals surface area contributed by atoms with Crippen LogP contribution in [0.25, 0.3) is 0 Å². The van der Waals surface area contributed by atoms with Crippen molar-refractivity contribution in [2.75, 3.05) is 0 Å². The average molecular weight is 181 g/mol. The van der Waals surface area contributed by atoms with E-state index in [0.717, 1.165) is 11.1 Å². The summed E-state index contributed by atoms with van der Waals surface area (Å²) < 4.78 is 0. The van der Waals surface area contributed by atoms with E-state index in [1.54, 1.807) is 19.1 Å². The van der Waals surface area contributed by atoms with Crippen LogP contribution in [0.2, 0.25) is 0 Å². The molecule has 0 radical (unpaired) electrons. The molecule has 3 nitrogen and oxygen atoms in total. The predicted octanol–water partition coefficient (Wildman–Crippen LogP) is 0.560. The lowest BCUT2D eigenvalue weighted by atomic mass is 10.0. The monoisotopic (exact) mass is 181 g/mol. The Kier molecular flexibility index (Phi) is 3.42. The third-order valence-electron chi connectivity index (χ3n) is 2.07.